The minimum Gasteiger partial charge on any atom is -0.506 e. The van der Waals surface area contributed by atoms with Crippen molar-refractivity contribution in [2.45, 2.75) is 68.5 Å². The molecule has 5 aliphatic rings. The van der Waals surface area contributed by atoms with E-state index in [2.05, 4.69) is 10.3 Å². The minimum atomic E-state index is -1.35. The summed E-state index contributed by atoms with van der Waals surface area (Å²) in [6.45, 7) is 2.48. The fraction of sp³-hybridized carbons (Fsp3) is 0.441. The number of carbonyl (C=O) groups excluding carboxylic acids is 1. The standard InChI is InChI=1S/C34H33N3O9/c1-18-11-22-26(27(40)25-21(28(22)41-2)9-6-10-23(25)39)29-24(18)30-31-32(15-38,44-29)33(16-43-33)34(45-30,46-31)17-42-14-20-13-37(36-35-20)12-19-7-4-3-5-8-19/h3-5,7-8,11,13,30-31,38,40H,6,9-10,12,14-17H2,1-2H3/t30?,31?,32-,33+,34?/m1/s1. The summed E-state index contributed by atoms with van der Waals surface area (Å²) in [4.78, 5) is 13.1. The third-order valence-electron chi connectivity index (χ3n) is 10.4. The van der Waals surface area contributed by atoms with Gasteiger partial charge in [-0.05, 0) is 37.0 Å². The molecule has 3 fully saturated rings. The number of aromatic hydroxyl groups is 1. The van der Waals surface area contributed by atoms with Crippen LogP contribution in [0.5, 0.6) is 17.2 Å². The van der Waals surface area contributed by atoms with Gasteiger partial charge in [0.25, 0.3) is 0 Å². The number of methoxy groups -OCH3 is 1. The summed E-state index contributed by atoms with van der Waals surface area (Å²) >= 11 is 0. The highest BCUT2D eigenvalue weighted by Crippen LogP contribution is 2.70. The zero-order valence-electron chi connectivity index (χ0n) is 25.4. The van der Waals surface area contributed by atoms with Gasteiger partial charge in [-0.15, -0.1) is 5.10 Å². The monoisotopic (exact) mass is 627 g/mol. The Labute approximate surface area is 263 Å². The maximum atomic E-state index is 13.1. The molecule has 238 valence electrons. The number of ketones is 1. The highest BCUT2D eigenvalue weighted by molar-refractivity contribution is 6.11. The van der Waals surface area contributed by atoms with Crippen LogP contribution in [-0.4, -0.2) is 81.0 Å². The molecule has 0 amide bonds. The number of ether oxygens (including phenoxy) is 6. The van der Waals surface area contributed by atoms with Crippen LogP contribution >= 0.6 is 0 Å². The van der Waals surface area contributed by atoms with E-state index in [0.717, 1.165) is 11.1 Å². The number of hydrogen-bond acceptors (Lipinski definition) is 11. The number of Topliss-reactive ketones (excluding diaryl/α,β-unsaturated/α-hetero) is 1. The van der Waals surface area contributed by atoms with Crippen LogP contribution in [0.3, 0.4) is 0 Å². The van der Waals surface area contributed by atoms with Crippen LogP contribution in [0, 0.1) is 6.92 Å². The van der Waals surface area contributed by atoms with Crippen LogP contribution in [0.25, 0.3) is 10.8 Å². The number of benzene rings is 3. The smallest absolute Gasteiger partial charge is 0.229 e. The van der Waals surface area contributed by atoms with Gasteiger partial charge in [-0.3, -0.25) is 4.79 Å². The van der Waals surface area contributed by atoms with Crippen LogP contribution in [0.15, 0.2) is 42.6 Å². The van der Waals surface area contributed by atoms with Gasteiger partial charge >= 0.3 is 0 Å². The molecule has 5 heterocycles. The first-order valence-corrected chi connectivity index (χ1v) is 15.6. The molecule has 1 spiro atoms. The van der Waals surface area contributed by atoms with Crippen molar-refractivity contribution in [3.8, 4) is 17.2 Å². The van der Waals surface area contributed by atoms with Crippen molar-refractivity contribution in [1.82, 2.24) is 15.0 Å². The number of hydrogen-bond donors (Lipinski definition) is 2. The maximum Gasteiger partial charge on any atom is 0.229 e. The average molecular weight is 628 g/mol. The molecule has 2 N–H and O–H groups in total. The molecule has 3 aromatic carbocycles. The number of nitrogens with zero attached hydrogens (tertiary/aromatic N) is 3. The van der Waals surface area contributed by atoms with E-state index >= 15 is 0 Å². The summed E-state index contributed by atoms with van der Waals surface area (Å²) in [5.74, 6) is -0.746. The second-order valence-electron chi connectivity index (χ2n) is 12.9. The molecule has 0 radical (unpaired) electrons. The van der Waals surface area contributed by atoms with Crippen LogP contribution in [0.1, 0.15) is 57.3 Å². The van der Waals surface area contributed by atoms with Crippen LogP contribution in [0.4, 0.5) is 0 Å². The Morgan fingerprint density at radius 2 is 2.00 bits per heavy atom. The van der Waals surface area contributed by atoms with E-state index in [1.165, 1.54) is 0 Å². The summed E-state index contributed by atoms with van der Waals surface area (Å²) in [6.07, 6.45) is 2.13. The number of aliphatic hydroxyl groups excluding tert-OH is 1. The summed E-state index contributed by atoms with van der Waals surface area (Å²) in [6, 6.07) is 11.9. The van der Waals surface area contributed by atoms with Crippen molar-refractivity contribution in [1.29, 1.82) is 0 Å². The van der Waals surface area contributed by atoms with Gasteiger partial charge < -0.3 is 38.6 Å². The lowest BCUT2D eigenvalue weighted by Gasteiger charge is -2.48. The van der Waals surface area contributed by atoms with E-state index < -0.39 is 35.8 Å². The van der Waals surface area contributed by atoms with Crippen molar-refractivity contribution >= 4 is 16.6 Å². The first-order chi connectivity index (χ1) is 22.4. The SMILES string of the molecule is COc1c2c(c(O)c3c4c(c(C)cc13)C1OC3(COCc5cn(Cc6ccccc6)nn5)OC1[C@@](CO)(O4)[C@@]31CO1)C(=O)CCC2. The van der Waals surface area contributed by atoms with E-state index in [1.54, 1.807) is 11.8 Å². The molecular weight excluding hydrogens is 594 g/mol. The average Bonchev–Trinajstić information content (AvgIpc) is 3.52. The number of aliphatic hydroxyl groups is 1. The predicted octanol–water partition coefficient (Wildman–Crippen LogP) is 3.30. The van der Waals surface area contributed by atoms with E-state index in [9.17, 15) is 15.0 Å². The van der Waals surface area contributed by atoms with E-state index in [0.29, 0.717) is 64.9 Å². The van der Waals surface area contributed by atoms with Gasteiger partial charge in [0.1, 0.15) is 41.8 Å². The van der Waals surface area contributed by atoms with E-state index in [-0.39, 0.29) is 36.9 Å². The Balaban J connectivity index is 1.07. The molecule has 12 heteroatoms. The minimum absolute atomic E-state index is 0.000297. The Morgan fingerprint density at radius 3 is 2.76 bits per heavy atom. The summed E-state index contributed by atoms with van der Waals surface area (Å²) in [5, 5.41) is 32.2. The molecule has 4 aliphatic heterocycles. The fourth-order valence-electron chi connectivity index (χ4n) is 8.23. The predicted molar refractivity (Wildman–Crippen MR) is 160 cm³/mol. The van der Waals surface area contributed by atoms with Crippen molar-refractivity contribution in [3.05, 3.63) is 76.1 Å². The molecule has 2 bridgehead atoms. The highest BCUT2D eigenvalue weighted by Gasteiger charge is 2.90. The second kappa shape index (κ2) is 9.72. The van der Waals surface area contributed by atoms with Crippen LogP contribution in [-0.2, 0) is 38.5 Å². The lowest BCUT2D eigenvalue weighted by molar-refractivity contribution is -0.250. The van der Waals surface area contributed by atoms with Gasteiger partial charge in [0, 0.05) is 22.9 Å². The van der Waals surface area contributed by atoms with Gasteiger partial charge in [0.2, 0.25) is 5.79 Å². The third kappa shape index (κ3) is 3.53. The number of epoxide rings is 1. The van der Waals surface area contributed by atoms with Gasteiger partial charge in [-0.25, -0.2) is 4.68 Å². The summed E-state index contributed by atoms with van der Waals surface area (Å²) in [5.41, 5.74) is 1.76. The molecule has 1 aromatic heterocycles. The number of carbonyl (C=O) groups is 1. The Hall–Kier alpha value is -4.07. The largest absolute Gasteiger partial charge is 0.506 e. The topological polar surface area (TPSA) is 147 Å². The fourth-order valence-corrected chi connectivity index (χ4v) is 8.23. The first-order valence-electron chi connectivity index (χ1n) is 15.6. The van der Waals surface area contributed by atoms with Crippen LogP contribution < -0.4 is 9.47 Å². The summed E-state index contributed by atoms with van der Waals surface area (Å²) < 4.78 is 40.0. The Bertz CT molecular complexity index is 1920. The summed E-state index contributed by atoms with van der Waals surface area (Å²) in [7, 11) is 1.57. The zero-order chi connectivity index (χ0) is 31.4. The molecule has 3 unspecified atom stereocenters. The van der Waals surface area contributed by atoms with Gasteiger partial charge in [0.05, 0.1) is 50.6 Å². The zero-order valence-corrected chi connectivity index (χ0v) is 25.4. The molecular formula is C34H33N3O9. The van der Waals surface area contributed by atoms with E-state index in [4.69, 9.17) is 28.4 Å². The van der Waals surface area contributed by atoms with Crippen molar-refractivity contribution < 1.29 is 43.4 Å². The third-order valence-corrected chi connectivity index (χ3v) is 10.4. The Kier molecular flexibility index (Phi) is 5.96. The quantitative estimate of drug-likeness (QED) is 0.278. The number of phenols is 1. The number of phenolic OH excluding ortho intramolecular Hbond substituents is 1. The van der Waals surface area contributed by atoms with Gasteiger partial charge in [-0.1, -0.05) is 35.5 Å². The van der Waals surface area contributed by atoms with Crippen molar-refractivity contribution in [3.63, 3.8) is 0 Å². The molecule has 9 rings (SSSR count). The molecule has 3 saturated heterocycles. The number of fused-ring (bicyclic) bond motifs is 8. The number of aromatic nitrogens is 3. The maximum absolute atomic E-state index is 13.1. The highest BCUT2D eigenvalue weighted by atomic mass is 16.8. The lowest BCUT2D eigenvalue weighted by Crippen LogP contribution is -2.69. The normalized spacial score (nSPS) is 30.0. The number of rotatable bonds is 8. The molecule has 4 aromatic rings. The van der Waals surface area contributed by atoms with Crippen molar-refractivity contribution in [2.24, 2.45) is 0 Å². The lowest BCUT2D eigenvalue weighted by atomic mass is 9.72. The van der Waals surface area contributed by atoms with Crippen LogP contribution in [0.2, 0.25) is 0 Å². The molecule has 5 atom stereocenters. The first kappa shape index (κ1) is 28.2. The second-order valence-corrected chi connectivity index (χ2v) is 12.9. The molecule has 12 nitrogen and oxygen atoms in total. The van der Waals surface area contributed by atoms with E-state index in [1.807, 2.05) is 49.5 Å². The Morgan fingerprint density at radius 1 is 1.17 bits per heavy atom. The molecule has 1 aliphatic carbocycles. The van der Waals surface area contributed by atoms with Crippen molar-refractivity contribution in [2.75, 3.05) is 26.9 Å². The number of aryl methyl sites for hydroxylation is 1. The molecule has 0 saturated carbocycles. The molecule has 46 heavy (non-hydrogen) atoms. The van der Waals surface area contributed by atoms with Gasteiger partial charge in [0.15, 0.2) is 17.0 Å². The van der Waals surface area contributed by atoms with Gasteiger partial charge in [-0.2, -0.15) is 0 Å².